The Kier molecular flexibility index (Phi) is 4.98. The number of fused-ring (bicyclic) bond motifs is 1. The summed E-state index contributed by atoms with van der Waals surface area (Å²) in [6, 6.07) is 13.9. The summed E-state index contributed by atoms with van der Waals surface area (Å²) in [5, 5.41) is 7.09. The molecule has 35 heavy (non-hydrogen) atoms. The SMILES string of the molecule is CC1=C(c2nc(-c3ccc4c(c3)OCO4)no2)C(c2cccc(F)c2)NC(=O)N1Cc1ccco1. The summed E-state index contributed by atoms with van der Waals surface area (Å²) in [7, 11) is 0. The molecule has 2 aromatic heterocycles. The Morgan fingerprint density at radius 3 is 2.83 bits per heavy atom. The number of halogens is 1. The zero-order valence-electron chi connectivity index (χ0n) is 18.5. The molecular weight excluding hydrogens is 455 g/mol. The number of amides is 2. The van der Waals surface area contributed by atoms with Gasteiger partial charge in [0.2, 0.25) is 12.6 Å². The average molecular weight is 474 g/mol. The van der Waals surface area contributed by atoms with Gasteiger partial charge in [-0.3, -0.25) is 4.90 Å². The third-order valence-corrected chi connectivity index (χ3v) is 5.96. The van der Waals surface area contributed by atoms with Crippen LogP contribution in [-0.2, 0) is 6.54 Å². The Bertz CT molecular complexity index is 1450. The van der Waals surface area contributed by atoms with Crippen LogP contribution in [0.1, 0.15) is 30.2 Å². The zero-order valence-corrected chi connectivity index (χ0v) is 18.5. The van der Waals surface area contributed by atoms with Crippen LogP contribution in [0.25, 0.3) is 17.0 Å². The van der Waals surface area contributed by atoms with Crippen LogP contribution in [0, 0.1) is 5.82 Å². The minimum absolute atomic E-state index is 0.156. The van der Waals surface area contributed by atoms with Gasteiger partial charge in [-0.2, -0.15) is 4.98 Å². The summed E-state index contributed by atoms with van der Waals surface area (Å²) in [6.07, 6.45) is 1.54. The highest BCUT2D eigenvalue weighted by molar-refractivity contribution is 5.86. The van der Waals surface area contributed by atoms with Crippen molar-refractivity contribution < 1.29 is 27.6 Å². The summed E-state index contributed by atoms with van der Waals surface area (Å²) in [5.74, 6) is 1.97. The lowest BCUT2D eigenvalue weighted by Gasteiger charge is -2.34. The molecule has 0 radical (unpaired) electrons. The standard InChI is InChI=1S/C25H19FN4O5/c1-14-21(24-28-23(29-35-24)16-7-8-19-20(11-16)34-13-33-19)22(15-4-2-5-17(26)10-15)27-25(31)30(14)12-18-6-3-9-32-18/h2-11,22H,12-13H2,1H3,(H,27,31). The van der Waals surface area contributed by atoms with E-state index in [9.17, 15) is 9.18 Å². The van der Waals surface area contributed by atoms with Gasteiger partial charge in [-0.1, -0.05) is 17.3 Å². The Balaban J connectivity index is 1.43. The molecule has 0 aliphatic carbocycles. The molecule has 4 aromatic rings. The van der Waals surface area contributed by atoms with E-state index in [2.05, 4.69) is 15.5 Å². The summed E-state index contributed by atoms with van der Waals surface area (Å²) in [4.78, 5) is 19.2. The van der Waals surface area contributed by atoms with Crippen LogP contribution in [0.5, 0.6) is 11.5 Å². The number of nitrogens with zero attached hydrogens (tertiary/aromatic N) is 3. The van der Waals surface area contributed by atoms with E-state index < -0.39 is 11.9 Å². The summed E-state index contributed by atoms with van der Waals surface area (Å²) >= 11 is 0. The first kappa shape index (κ1) is 21.0. The lowest BCUT2D eigenvalue weighted by molar-refractivity contribution is 0.174. The Labute approximate surface area is 198 Å². The topological polar surface area (TPSA) is 103 Å². The highest BCUT2D eigenvalue weighted by Crippen LogP contribution is 2.39. The van der Waals surface area contributed by atoms with Gasteiger partial charge in [0.25, 0.3) is 5.89 Å². The highest BCUT2D eigenvalue weighted by atomic mass is 19.1. The van der Waals surface area contributed by atoms with Gasteiger partial charge in [0.15, 0.2) is 11.5 Å². The van der Waals surface area contributed by atoms with E-state index in [4.69, 9.17) is 18.4 Å². The Morgan fingerprint density at radius 1 is 1.11 bits per heavy atom. The van der Waals surface area contributed by atoms with Crippen molar-refractivity contribution in [2.45, 2.75) is 19.5 Å². The molecule has 1 atom stereocenters. The fourth-order valence-electron chi connectivity index (χ4n) is 4.23. The molecule has 0 fully saturated rings. The van der Waals surface area contributed by atoms with Crippen molar-refractivity contribution in [3.8, 4) is 22.9 Å². The fourth-order valence-corrected chi connectivity index (χ4v) is 4.23. The number of hydrogen-bond donors (Lipinski definition) is 1. The maximum Gasteiger partial charge on any atom is 0.322 e. The van der Waals surface area contributed by atoms with Crippen LogP contribution in [0.4, 0.5) is 9.18 Å². The van der Waals surface area contributed by atoms with Gasteiger partial charge in [0.05, 0.1) is 24.4 Å². The van der Waals surface area contributed by atoms with Gasteiger partial charge in [-0.25, -0.2) is 9.18 Å². The molecule has 1 unspecified atom stereocenters. The maximum absolute atomic E-state index is 14.1. The van der Waals surface area contributed by atoms with E-state index in [0.717, 1.165) is 0 Å². The fraction of sp³-hybridized carbons (Fsp3) is 0.160. The number of aromatic nitrogens is 2. The molecule has 6 rings (SSSR count). The molecule has 2 amide bonds. The lowest BCUT2D eigenvalue weighted by atomic mass is 9.94. The molecule has 0 spiro atoms. The van der Waals surface area contributed by atoms with Gasteiger partial charge in [-0.05, 0) is 55.0 Å². The van der Waals surface area contributed by atoms with Gasteiger partial charge < -0.3 is 23.7 Å². The predicted octanol–water partition coefficient (Wildman–Crippen LogP) is 4.90. The van der Waals surface area contributed by atoms with Gasteiger partial charge in [0, 0.05) is 11.3 Å². The van der Waals surface area contributed by atoms with Crippen LogP contribution in [0.2, 0.25) is 0 Å². The van der Waals surface area contributed by atoms with Gasteiger partial charge in [-0.15, -0.1) is 0 Å². The molecule has 0 bridgehead atoms. The van der Waals surface area contributed by atoms with Crippen LogP contribution in [0.3, 0.4) is 0 Å². The third-order valence-electron chi connectivity index (χ3n) is 5.96. The second-order valence-corrected chi connectivity index (χ2v) is 8.09. The van der Waals surface area contributed by atoms with Crippen LogP contribution in [0.15, 0.2) is 75.5 Å². The minimum Gasteiger partial charge on any atom is -0.467 e. The van der Waals surface area contributed by atoms with Gasteiger partial charge >= 0.3 is 6.03 Å². The summed E-state index contributed by atoms with van der Waals surface area (Å²) in [5.41, 5.74) is 2.37. The number of allylic oxidation sites excluding steroid dienone is 1. The Hall–Kier alpha value is -4.60. The molecule has 9 nitrogen and oxygen atoms in total. The number of carbonyl (C=O) groups excluding carboxylic acids is 1. The van der Waals surface area contributed by atoms with E-state index in [1.807, 2.05) is 0 Å². The predicted molar refractivity (Wildman–Crippen MR) is 120 cm³/mol. The van der Waals surface area contributed by atoms with Crippen molar-refractivity contribution in [3.05, 3.63) is 89.6 Å². The molecule has 1 N–H and O–H groups in total. The number of furan rings is 1. The highest BCUT2D eigenvalue weighted by Gasteiger charge is 2.36. The maximum atomic E-state index is 14.1. The number of benzene rings is 2. The van der Waals surface area contributed by atoms with Crippen molar-refractivity contribution in [3.63, 3.8) is 0 Å². The first-order valence-electron chi connectivity index (χ1n) is 10.9. The number of urea groups is 1. The second kappa shape index (κ2) is 8.32. The van der Waals surface area contributed by atoms with E-state index in [-0.39, 0.29) is 25.3 Å². The summed E-state index contributed by atoms with van der Waals surface area (Å²) in [6.45, 7) is 2.14. The number of rotatable bonds is 5. The third kappa shape index (κ3) is 3.78. The van der Waals surface area contributed by atoms with E-state index in [1.54, 1.807) is 55.7 Å². The summed E-state index contributed by atoms with van der Waals surface area (Å²) < 4.78 is 36.0. The monoisotopic (exact) mass is 474 g/mol. The van der Waals surface area contributed by atoms with E-state index in [0.29, 0.717) is 45.5 Å². The molecule has 2 aromatic carbocycles. The normalized spacial score (nSPS) is 17.1. The molecule has 2 aliphatic rings. The first-order chi connectivity index (χ1) is 17.1. The molecular formula is C25H19FN4O5. The smallest absolute Gasteiger partial charge is 0.322 e. The number of nitrogens with one attached hydrogen (secondary N) is 1. The Morgan fingerprint density at radius 2 is 2.00 bits per heavy atom. The van der Waals surface area contributed by atoms with E-state index >= 15 is 0 Å². The second-order valence-electron chi connectivity index (χ2n) is 8.09. The number of hydrogen-bond acceptors (Lipinski definition) is 7. The van der Waals surface area contributed by atoms with E-state index in [1.165, 1.54) is 17.0 Å². The van der Waals surface area contributed by atoms with Crippen LogP contribution < -0.4 is 14.8 Å². The van der Waals surface area contributed by atoms with Crippen molar-refractivity contribution in [2.24, 2.45) is 0 Å². The van der Waals surface area contributed by atoms with Crippen molar-refractivity contribution >= 4 is 11.6 Å². The molecule has 2 aliphatic heterocycles. The first-order valence-corrected chi connectivity index (χ1v) is 10.9. The number of ether oxygens (including phenoxy) is 2. The molecule has 0 saturated carbocycles. The number of carbonyl (C=O) groups is 1. The van der Waals surface area contributed by atoms with Crippen LogP contribution in [-0.4, -0.2) is 27.9 Å². The quantitative estimate of drug-likeness (QED) is 0.439. The molecule has 0 saturated heterocycles. The van der Waals surface area contributed by atoms with Crippen molar-refractivity contribution in [1.82, 2.24) is 20.4 Å². The van der Waals surface area contributed by atoms with Crippen molar-refractivity contribution in [1.29, 1.82) is 0 Å². The van der Waals surface area contributed by atoms with Gasteiger partial charge in [0.1, 0.15) is 11.6 Å². The lowest BCUT2D eigenvalue weighted by Crippen LogP contribution is -2.45. The molecule has 176 valence electrons. The molecule has 10 heteroatoms. The van der Waals surface area contributed by atoms with Crippen LogP contribution >= 0.6 is 0 Å². The largest absolute Gasteiger partial charge is 0.467 e. The minimum atomic E-state index is -0.698. The zero-order chi connectivity index (χ0) is 23.9. The molecule has 4 heterocycles. The van der Waals surface area contributed by atoms with Crippen molar-refractivity contribution in [2.75, 3.05) is 6.79 Å². The average Bonchev–Trinajstić information content (AvgIpc) is 3.63.